The van der Waals surface area contributed by atoms with Crippen molar-refractivity contribution < 1.29 is 23.9 Å². The van der Waals surface area contributed by atoms with E-state index in [1.165, 1.54) is 16.2 Å². The van der Waals surface area contributed by atoms with E-state index in [2.05, 4.69) is 15.6 Å². The summed E-state index contributed by atoms with van der Waals surface area (Å²) in [4.78, 5) is 44.9. The van der Waals surface area contributed by atoms with E-state index >= 15 is 0 Å². The van der Waals surface area contributed by atoms with Crippen molar-refractivity contribution in [3.8, 4) is 11.1 Å². The zero-order valence-corrected chi connectivity index (χ0v) is 28.5. The third-order valence-corrected chi connectivity index (χ3v) is 7.47. The van der Waals surface area contributed by atoms with Gasteiger partial charge in [0, 0.05) is 35.3 Å². The standard InChI is InChI=1S/C36H42N4O5S/c1-23-12-14-25(15-13-23)30-24(2)10-9-11-29(30)31(41)37-26-16-18-28(19-17-26)40(34(43)45-36(6,7)8)21-20-27-22-46-32(38-27)39-33(42)44-35(3,4)5/h9-19,22H,20-21H2,1-8H3,(H,37,41)(H,38,39,42). The van der Waals surface area contributed by atoms with Crippen LogP contribution in [0.25, 0.3) is 11.1 Å². The normalized spacial score (nSPS) is 11.5. The van der Waals surface area contributed by atoms with Gasteiger partial charge in [0.1, 0.15) is 11.2 Å². The molecular formula is C36H42N4O5S. The minimum atomic E-state index is -0.697. The quantitative estimate of drug-likeness (QED) is 0.199. The molecule has 0 spiro atoms. The Kier molecular flexibility index (Phi) is 10.5. The number of carbonyl (C=O) groups is 3. The smallest absolute Gasteiger partial charge is 0.414 e. The maximum atomic E-state index is 13.5. The molecule has 0 fully saturated rings. The van der Waals surface area contributed by atoms with Crippen LogP contribution in [0.5, 0.6) is 0 Å². The van der Waals surface area contributed by atoms with Crippen LogP contribution in [0, 0.1) is 13.8 Å². The van der Waals surface area contributed by atoms with Crippen LogP contribution in [-0.4, -0.2) is 40.8 Å². The van der Waals surface area contributed by atoms with Crippen molar-refractivity contribution >= 4 is 45.9 Å². The van der Waals surface area contributed by atoms with Crippen molar-refractivity contribution in [1.82, 2.24) is 4.98 Å². The monoisotopic (exact) mass is 642 g/mol. The second kappa shape index (κ2) is 14.2. The molecule has 0 aliphatic heterocycles. The van der Waals surface area contributed by atoms with Crippen molar-refractivity contribution in [1.29, 1.82) is 0 Å². The number of amides is 3. The van der Waals surface area contributed by atoms with E-state index in [4.69, 9.17) is 9.47 Å². The van der Waals surface area contributed by atoms with E-state index < -0.39 is 23.4 Å². The van der Waals surface area contributed by atoms with Crippen molar-refractivity contribution in [2.24, 2.45) is 0 Å². The van der Waals surface area contributed by atoms with Gasteiger partial charge in [-0.2, -0.15) is 0 Å². The summed E-state index contributed by atoms with van der Waals surface area (Å²) >= 11 is 1.28. The molecule has 0 saturated carbocycles. The topological polar surface area (TPSA) is 110 Å². The molecule has 10 heteroatoms. The zero-order valence-electron chi connectivity index (χ0n) is 27.7. The lowest BCUT2D eigenvalue weighted by Gasteiger charge is -2.27. The fourth-order valence-electron chi connectivity index (χ4n) is 4.62. The summed E-state index contributed by atoms with van der Waals surface area (Å²) in [6.45, 7) is 15.1. The largest absolute Gasteiger partial charge is 0.444 e. The number of carbonyl (C=O) groups excluding carboxylic acids is 3. The molecule has 1 heterocycles. The molecule has 0 atom stereocenters. The number of ether oxygens (including phenoxy) is 2. The second-order valence-electron chi connectivity index (χ2n) is 13.0. The highest BCUT2D eigenvalue weighted by Gasteiger charge is 2.24. The summed E-state index contributed by atoms with van der Waals surface area (Å²) in [7, 11) is 0. The van der Waals surface area contributed by atoms with E-state index in [-0.39, 0.29) is 12.5 Å². The van der Waals surface area contributed by atoms with Crippen LogP contribution in [0.15, 0.2) is 72.1 Å². The van der Waals surface area contributed by atoms with E-state index in [0.29, 0.717) is 34.2 Å². The third-order valence-electron chi connectivity index (χ3n) is 6.66. The van der Waals surface area contributed by atoms with Gasteiger partial charge >= 0.3 is 12.2 Å². The number of benzene rings is 3. The Balaban J connectivity index is 1.49. The van der Waals surface area contributed by atoms with Gasteiger partial charge in [-0.1, -0.05) is 42.0 Å². The van der Waals surface area contributed by atoms with E-state index in [9.17, 15) is 14.4 Å². The summed E-state index contributed by atoms with van der Waals surface area (Å²) in [5.74, 6) is -0.227. The maximum absolute atomic E-state index is 13.5. The second-order valence-corrected chi connectivity index (χ2v) is 13.9. The van der Waals surface area contributed by atoms with Crippen molar-refractivity contribution in [2.75, 3.05) is 22.1 Å². The number of nitrogens with zero attached hydrogens (tertiary/aromatic N) is 2. The SMILES string of the molecule is Cc1ccc(-c2c(C)cccc2C(=O)Nc2ccc(N(CCc3csc(NC(=O)OC(C)(C)C)n3)C(=O)OC(C)(C)C)cc2)cc1. The molecule has 9 nitrogen and oxygen atoms in total. The lowest BCUT2D eigenvalue weighted by Crippen LogP contribution is -2.38. The first kappa shape index (κ1) is 34.2. The Morgan fingerprint density at radius 2 is 1.48 bits per heavy atom. The molecule has 4 aromatic rings. The van der Waals surface area contributed by atoms with Crippen molar-refractivity contribution in [2.45, 2.75) is 73.0 Å². The van der Waals surface area contributed by atoms with Gasteiger partial charge in [0.15, 0.2) is 5.13 Å². The van der Waals surface area contributed by atoms with Gasteiger partial charge in [-0.3, -0.25) is 15.0 Å². The predicted molar refractivity (Wildman–Crippen MR) is 185 cm³/mol. The molecule has 0 unspecified atom stereocenters. The molecule has 46 heavy (non-hydrogen) atoms. The maximum Gasteiger partial charge on any atom is 0.414 e. The molecule has 0 radical (unpaired) electrons. The number of thiazole rings is 1. The molecule has 242 valence electrons. The van der Waals surface area contributed by atoms with Crippen molar-refractivity contribution in [3.63, 3.8) is 0 Å². The number of hydrogen-bond donors (Lipinski definition) is 2. The molecule has 4 rings (SSSR count). The van der Waals surface area contributed by atoms with Crippen LogP contribution in [0.2, 0.25) is 0 Å². The highest BCUT2D eigenvalue weighted by molar-refractivity contribution is 7.13. The first-order valence-corrected chi connectivity index (χ1v) is 16.0. The van der Waals surface area contributed by atoms with Crippen LogP contribution < -0.4 is 15.5 Å². The van der Waals surface area contributed by atoms with E-state index in [1.54, 1.807) is 45.0 Å². The van der Waals surface area contributed by atoms with E-state index in [0.717, 1.165) is 22.3 Å². The van der Waals surface area contributed by atoms with Gasteiger partial charge in [0.05, 0.1) is 5.69 Å². The highest BCUT2D eigenvalue weighted by atomic mass is 32.1. The lowest BCUT2D eigenvalue weighted by molar-refractivity contribution is 0.0578. The van der Waals surface area contributed by atoms with E-state index in [1.807, 2.05) is 82.5 Å². The van der Waals surface area contributed by atoms with Crippen LogP contribution >= 0.6 is 11.3 Å². The minimum Gasteiger partial charge on any atom is -0.444 e. The fourth-order valence-corrected chi connectivity index (χ4v) is 5.35. The van der Waals surface area contributed by atoms with Crippen LogP contribution in [0.1, 0.15) is 68.7 Å². The predicted octanol–water partition coefficient (Wildman–Crippen LogP) is 9.01. The summed E-state index contributed by atoms with van der Waals surface area (Å²) < 4.78 is 11.0. The number of nitrogens with one attached hydrogen (secondary N) is 2. The van der Waals surface area contributed by atoms with Gasteiger partial charge in [-0.25, -0.2) is 14.6 Å². The molecule has 1 aromatic heterocycles. The van der Waals surface area contributed by atoms with Crippen molar-refractivity contribution in [3.05, 3.63) is 94.5 Å². The number of anilines is 3. The summed E-state index contributed by atoms with van der Waals surface area (Å²) in [6, 6.07) is 20.9. The zero-order chi connectivity index (χ0) is 33.6. The summed E-state index contributed by atoms with van der Waals surface area (Å²) in [5.41, 5.74) is 5.17. The highest BCUT2D eigenvalue weighted by Crippen LogP contribution is 2.29. The molecule has 3 aromatic carbocycles. The molecule has 0 saturated heterocycles. The van der Waals surface area contributed by atoms with Crippen LogP contribution in [0.4, 0.5) is 26.1 Å². The minimum absolute atomic E-state index is 0.227. The fraction of sp³-hybridized carbons (Fsp3) is 0.333. The number of hydrogen-bond acceptors (Lipinski definition) is 7. The lowest BCUT2D eigenvalue weighted by atomic mass is 9.94. The van der Waals surface area contributed by atoms with Crippen LogP contribution in [-0.2, 0) is 15.9 Å². The average molecular weight is 643 g/mol. The Morgan fingerprint density at radius 3 is 2.11 bits per heavy atom. The summed E-state index contributed by atoms with van der Waals surface area (Å²) in [6.07, 6.45) is -0.668. The molecule has 0 bridgehead atoms. The first-order valence-electron chi connectivity index (χ1n) is 15.1. The number of aromatic nitrogens is 1. The third kappa shape index (κ3) is 9.65. The molecular weight excluding hydrogens is 600 g/mol. The molecule has 2 N–H and O–H groups in total. The first-order chi connectivity index (χ1) is 21.6. The molecule has 3 amide bonds. The average Bonchev–Trinajstić information content (AvgIpc) is 3.39. The Labute approximate surface area is 275 Å². The van der Waals surface area contributed by atoms with Crippen LogP contribution in [0.3, 0.4) is 0 Å². The van der Waals surface area contributed by atoms with Gasteiger partial charge in [0.25, 0.3) is 5.91 Å². The summed E-state index contributed by atoms with van der Waals surface area (Å²) in [5, 5.41) is 7.89. The Bertz CT molecular complexity index is 1680. The van der Waals surface area contributed by atoms with Gasteiger partial charge in [-0.15, -0.1) is 11.3 Å². The molecule has 0 aliphatic rings. The van der Waals surface area contributed by atoms with Gasteiger partial charge < -0.3 is 14.8 Å². The van der Waals surface area contributed by atoms with Gasteiger partial charge in [-0.05, 0) is 102 Å². The molecule has 0 aliphatic carbocycles. The number of rotatable bonds is 8. The van der Waals surface area contributed by atoms with Gasteiger partial charge in [0.2, 0.25) is 0 Å². The number of aryl methyl sites for hydroxylation is 2. The Morgan fingerprint density at radius 1 is 0.826 bits per heavy atom. The Hall–Kier alpha value is -4.70.